The van der Waals surface area contributed by atoms with E-state index in [0.717, 1.165) is 30.6 Å². The van der Waals surface area contributed by atoms with Crippen molar-refractivity contribution in [2.75, 3.05) is 5.32 Å². The summed E-state index contributed by atoms with van der Waals surface area (Å²) in [6, 6.07) is 5.52. The van der Waals surface area contributed by atoms with E-state index in [1.165, 1.54) is 18.2 Å². The Labute approximate surface area is 114 Å². The Morgan fingerprint density at radius 1 is 1.40 bits per heavy atom. The molecule has 0 aliphatic heterocycles. The highest BCUT2D eigenvalue weighted by atomic mass is 19.1. The molecule has 1 N–H and O–H groups in total. The minimum Gasteiger partial charge on any atom is -0.469 e. The topological polar surface area (TPSA) is 68.3 Å². The predicted octanol–water partition coefficient (Wildman–Crippen LogP) is 3.82. The molecular weight excluding hydrogens is 263 g/mol. The first-order valence-corrected chi connectivity index (χ1v) is 6.42. The van der Waals surface area contributed by atoms with Crippen molar-refractivity contribution in [3.8, 4) is 0 Å². The zero-order chi connectivity index (χ0) is 14.1. The highest BCUT2D eigenvalue weighted by Crippen LogP contribution is 2.36. The summed E-state index contributed by atoms with van der Waals surface area (Å²) in [6.07, 6.45) is 4.14. The summed E-state index contributed by atoms with van der Waals surface area (Å²) in [5.74, 6) is 0.252. The van der Waals surface area contributed by atoms with Crippen LogP contribution in [-0.2, 0) is 6.42 Å². The van der Waals surface area contributed by atoms with Gasteiger partial charge in [0.2, 0.25) is 0 Å². The average molecular weight is 276 g/mol. The predicted molar refractivity (Wildman–Crippen MR) is 71.1 cm³/mol. The fraction of sp³-hybridized carbons (Fsp3) is 0.286. The van der Waals surface area contributed by atoms with E-state index in [4.69, 9.17) is 4.42 Å². The minimum absolute atomic E-state index is 0.0588. The van der Waals surface area contributed by atoms with Crippen LogP contribution in [0, 0.1) is 15.9 Å². The van der Waals surface area contributed by atoms with Crippen LogP contribution in [0.3, 0.4) is 0 Å². The third-order valence-corrected chi connectivity index (χ3v) is 3.56. The van der Waals surface area contributed by atoms with Crippen molar-refractivity contribution in [3.05, 3.63) is 57.8 Å². The molecule has 104 valence electrons. The molecule has 1 aromatic heterocycles. The number of nitro groups is 1. The molecule has 3 rings (SSSR count). The standard InChI is InChI=1S/C14H13FN2O3/c15-10-3-1-5-12(17(18)19)14(10)16-11-4-2-6-13-9(11)7-8-20-13/h1,3,5,7-8,11,16H,2,4,6H2. The van der Waals surface area contributed by atoms with Crippen LogP contribution in [0.15, 0.2) is 34.9 Å². The number of furan rings is 1. The van der Waals surface area contributed by atoms with E-state index in [-0.39, 0.29) is 17.4 Å². The Balaban J connectivity index is 1.96. The van der Waals surface area contributed by atoms with Crippen molar-refractivity contribution in [2.45, 2.75) is 25.3 Å². The third kappa shape index (κ3) is 2.13. The molecule has 1 heterocycles. The minimum atomic E-state index is -0.616. The zero-order valence-electron chi connectivity index (χ0n) is 10.6. The average Bonchev–Trinajstić information content (AvgIpc) is 2.90. The molecule has 2 aromatic rings. The van der Waals surface area contributed by atoms with Gasteiger partial charge in [0.1, 0.15) is 11.4 Å². The number of hydrogen-bond acceptors (Lipinski definition) is 4. The fourth-order valence-corrected chi connectivity index (χ4v) is 2.62. The van der Waals surface area contributed by atoms with Gasteiger partial charge in [-0.3, -0.25) is 10.1 Å². The van der Waals surface area contributed by atoms with Gasteiger partial charge in [-0.25, -0.2) is 4.39 Å². The first-order chi connectivity index (χ1) is 9.66. The van der Waals surface area contributed by atoms with Crippen LogP contribution in [0.1, 0.15) is 30.2 Å². The van der Waals surface area contributed by atoms with Crippen LogP contribution in [0.5, 0.6) is 0 Å². The van der Waals surface area contributed by atoms with Gasteiger partial charge in [0.15, 0.2) is 5.82 Å². The number of hydrogen-bond donors (Lipinski definition) is 1. The normalized spacial score (nSPS) is 17.6. The van der Waals surface area contributed by atoms with E-state index in [1.807, 2.05) is 6.07 Å². The van der Waals surface area contributed by atoms with Gasteiger partial charge >= 0.3 is 0 Å². The summed E-state index contributed by atoms with van der Waals surface area (Å²) in [4.78, 5) is 10.4. The molecule has 20 heavy (non-hydrogen) atoms. The number of halogens is 1. The molecule has 1 unspecified atom stereocenters. The SMILES string of the molecule is O=[N+]([O-])c1cccc(F)c1NC1CCCc2occc21. The first-order valence-electron chi connectivity index (χ1n) is 6.42. The molecule has 1 aliphatic carbocycles. The molecule has 1 aromatic carbocycles. The van der Waals surface area contributed by atoms with Gasteiger partial charge in [-0.15, -0.1) is 0 Å². The third-order valence-electron chi connectivity index (χ3n) is 3.56. The maximum atomic E-state index is 13.9. The Hall–Kier alpha value is -2.37. The molecule has 1 aliphatic rings. The van der Waals surface area contributed by atoms with E-state index in [0.29, 0.717) is 0 Å². The van der Waals surface area contributed by atoms with E-state index < -0.39 is 10.7 Å². The molecular formula is C14H13FN2O3. The monoisotopic (exact) mass is 276 g/mol. The molecule has 6 heteroatoms. The number of benzene rings is 1. The lowest BCUT2D eigenvalue weighted by atomic mass is 9.93. The molecule has 0 fully saturated rings. The number of nitrogens with zero attached hydrogens (tertiary/aromatic N) is 1. The molecule has 0 saturated carbocycles. The summed E-state index contributed by atoms with van der Waals surface area (Å²) in [5, 5.41) is 14.0. The van der Waals surface area contributed by atoms with Crippen molar-refractivity contribution >= 4 is 11.4 Å². The first kappa shape index (κ1) is 12.7. The number of rotatable bonds is 3. The highest BCUT2D eigenvalue weighted by molar-refractivity contribution is 5.63. The van der Waals surface area contributed by atoms with Gasteiger partial charge in [-0.2, -0.15) is 0 Å². The van der Waals surface area contributed by atoms with Crippen LogP contribution in [0.4, 0.5) is 15.8 Å². The molecule has 1 atom stereocenters. The van der Waals surface area contributed by atoms with Crippen LogP contribution in [0.25, 0.3) is 0 Å². The lowest BCUT2D eigenvalue weighted by Gasteiger charge is -2.23. The van der Waals surface area contributed by atoms with E-state index in [9.17, 15) is 14.5 Å². The quantitative estimate of drug-likeness (QED) is 0.683. The van der Waals surface area contributed by atoms with Gasteiger partial charge in [-0.05, 0) is 25.0 Å². The molecule has 5 nitrogen and oxygen atoms in total. The Bertz CT molecular complexity index is 654. The number of nitro benzene ring substituents is 1. The van der Waals surface area contributed by atoms with Crippen molar-refractivity contribution in [1.29, 1.82) is 0 Å². The molecule has 0 radical (unpaired) electrons. The second-order valence-corrected chi connectivity index (χ2v) is 4.78. The maximum absolute atomic E-state index is 13.9. The van der Waals surface area contributed by atoms with Gasteiger partial charge in [-0.1, -0.05) is 6.07 Å². The van der Waals surface area contributed by atoms with Gasteiger partial charge < -0.3 is 9.73 Å². The lowest BCUT2D eigenvalue weighted by molar-refractivity contribution is -0.384. The van der Waals surface area contributed by atoms with E-state index >= 15 is 0 Å². The summed E-state index contributed by atoms with van der Waals surface area (Å²) >= 11 is 0. The number of fused-ring (bicyclic) bond motifs is 1. The smallest absolute Gasteiger partial charge is 0.295 e. The molecule has 0 saturated heterocycles. The Kier molecular flexibility index (Phi) is 3.14. The molecule has 0 spiro atoms. The number of aryl methyl sites for hydroxylation is 1. The second-order valence-electron chi connectivity index (χ2n) is 4.78. The number of para-hydroxylation sites is 1. The zero-order valence-corrected chi connectivity index (χ0v) is 10.6. The molecule has 0 amide bonds. The molecule has 0 bridgehead atoms. The van der Waals surface area contributed by atoms with Gasteiger partial charge in [0.05, 0.1) is 17.2 Å². The van der Waals surface area contributed by atoms with Crippen LogP contribution in [0.2, 0.25) is 0 Å². The number of anilines is 1. The summed E-state index contributed by atoms with van der Waals surface area (Å²) in [5.41, 5.74) is 0.644. The van der Waals surface area contributed by atoms with Crippen molar-refractivity contribution in [1.82, 2.24) is 0 Å². The Morgan fingerprint density at radius 2 is 2.25 bits per heavy atom. The lowest BCUT2D eigenvalue weighted by Crippen LogP contribution is -2.17. The summed E-state index contributed by atoms with van der Waals surface area (Å²) in [7, 11) is 0. The van der Waals surface area contributed by atoms with Crippen LogP contribution in [-0.4, -0.2) is 4.92 Å². The largest absolute Gasteiger partial charge is 0.469 e. The Morgan fingerprint density at radius 3 is 3.05 bits per heavy atom. The van der Waals surface area contributed by atoms with Crippen molar-refractivity contribution < 1.29 is 13.7 Å². The van der Waals surface area contributed by atoms with Gasteiger partial charge in [0.25, 0.3) is 5.69 Å². The van der Waals surface area contributed by atoms with Crippen LogP contribution >= 0.6 is 0 Å². The van der Waals surface area contributed by atoms with E-state index in [2.05, 4.69) is 5.32 Å². The van der Waals surface area contributed by atoms with E-state index in [1.54, 1.807) is 6.26 Å². The second kappa shape index (κ2) is 4.96. The van der Waals surface area contributed by atoms with Crippen LogP contribution < -0.4 is 5.32 Å². The van der Waals surface area contributed by atoms with Crippen molar-refractivity contribution in [3.63, 3.8) is 0 Å². The maximum Gasteiger partial charge on any atom is 0.295 e. The highest BCUT2D eigenvalue weighted by Gasteiger charge is 2.26. The number of nitrogens with one attached hydrogen (secondary N) is 1. The summed E-state index contributed by atoms with van der Waals surface area (Å²) < 4.78 is 19.2. The van der Waals surface area contributed by atoms with Gasteiger partial charge in [0, 0.05) is 18.1 Å². The fourth-order valence-electron chi connectivity index (χ4n) is 2.62. The van der Waals surface area contributed by atoms with Crippen molar-refractivity contribution in [2.24, 2.45) is 0 Å². The summed E-state index contributed by atoms with van der Waals surface area (Å²) in [6.45, 7) is 0.